The second kappa shape index (κ2) is 9.22. The highest BCUT2D eigenvalue weighted by Crippen LogP contribution is 2.15. The van der Waals surface area contributed by atoms with Gasteiger partial charge in [0.25, 0.3) is 11.5 Å². The normalized spacial score (nSPS) is 11.0. The topological polar surface area (TPSA) is 114 Å². The van der Waals surface area contributed by atoms with Crippen LogP contribution in [0.4, 0.5) is 0 Å². The van der Waals surface area contributed by atoms with Crippen LogP contribution in [-0.2, 0) is 13.1 Å². The number of aromatic nitrogens is 4. The van der Waals surface area contributed by atoms with Gasteiger partial charge in [-0.25, -0.2) is 4.98 Å². The molecule has 0 aliphatic rings. The number of ether oxygens (including phenoxy) is 1. The molecule has 0 fully saturated rings. The van der Waals surface area contributed by atoms with E-state index >= 15 is 0 Å². The number of rotatable bonds is 6. The summed E-state index contributed by atoms with van der Waals surface area (Å²) in [5, 5.41) is 11.9. The van der Waals surface area contributed by atoms with Gasteiger partial charge in [0, 0.05) is 25.1 Å². The molecule has 0 aliphatic carbocycles. The largest absolute Gasteiger partial charge is 0.497 e. The van der Waals surface area contributed by atoms with E-state index < -0.39 is 5.91 Å². The van der Waals surface area contributed by atoms with Crippen molar-refractivity contribution in [3.05, 3.63) is 112 Å². The number of hydrogen-bond acceptors (Lipinski definition) is 6. The number of benzene rings is 1. The lowest BCUT2D eigenvalue weighted by Crippen LogP contribution is -2.35. The van der Waals surface area contributed by atoms with Gasteiger partial charge in [-0.15, -0.1) is 0 Å². The van der Waals surface area contributed by atoms with Crippen LogP contribution in [0, 0.1) is 5.41 Å². The Labute approximate surface area is 199 Å². The molecule has 35 heavy (non-hydrogen) atoms. The van der Waals surface area contributed by atoms with Crippen LogP contribution in [0.15, 0.2) is 84.0 Å². The number of carbonyl (C=O) groups excluding carboxylic acids is 1. The van der Waals surface area contributed by atoms with Crippen LogP contribution >= 0.6 is 0 Å². The Morgan fingerprint density at radius 3 is 2.66 bits per heavy atom. The van der Waals surface area contributed by atoms with Crippen LogP contribution < -0.4 is 21.1 Å². The summed E-state index contributed by atoms with van der Waals surface area (Å²) >= 11 is 0. The molecule has 2 N–H and O–H groups in total. The number of carbonyl (C=O) groups is 1. The maximum absolute atomic E-state index is 13.3. The Kier molecular flexibility index (Phi) is 5.80. The van der Waals surface area contributed by atoms with Crippen molar-refractivity contribution in [2.24, 2.45) is 0 Å². The van der Waals surface area contributed by atoms with Crippen molar-refractivity contribution >= 4 is 22.6 Å². The smallest absolute Gasteiger partial charge is 0.267 e. The van der Waals surface area contributed by atoms with E-state index in [1.807, 2.05) is 30.3 Å². The van der Waals surface area contributed by atoms with Crippen molar-refractivity contribution < 1.29 is 9.53 Å². The molecule has 0 spiro atoms. The quantitative estimate of drug-likeness (QED) is 0.373. The van der Waals surface area contributed by atoms with Gasteiger partial charge in [-0.05, 0) is 47.5 Å². The molecule has 4 aromatic heterocycles. The lowest BCUT2D eigenvalue weighted by Gasteiger charge is -2.15. The Morgan fingerprint density at radius 2 is 1.91 bits per heavy atom. The number of pyridine rings is 3. The summed E-state index contributed by atoms with van der Waals surface area (Å²) in [6.45, 7) is 0.496. The number of nitrogens with one attached hydrogen (secondary N) is 2. The monoisotopic (exact) mass is 466 g/mol. The van der Waals surface area contributed by atoms with Gasteiger partial charge in [0.05, 0.1) is 24.6 Å². The minimum Gasteiger partial charge on any atom is -0.497 e. The third kappa shape index (κ3) is 4.26. The summed E-state index contributed by atoms with van der Waals surface area (Å²) in [7, 11) is 1.59. The maximum atomic E-state index is 13.3. The summed E-state index contributed by atoms with van der Waals surface area (Å²) in [4.78, 5) is 35.2. The second-order valence-corrected chi connectivity index (χ2v) is 7.97. The first kappa shape index (κ1) is 22.0. The van der Waals surface area contributed by atoms with Crippen LogP contribution in [-0.4, -0.2) is 32.0 Å². The van der Waals surface area contributed by atoms with Gasteiger partial charge in [0.2, 0.25) is 0 Å². The van der Waals surface area contributed by atoms with E-state index in [2.05, 4.69) is 15.3 Å². The predicted octanol–water partition coefficient (Wildman–Crippen LogP) is 2.51. The van der Waals surface area contributed by atoms with Crippen LogP contribution in [0.1, 0.15) is 21.5 Å². The van der Waals surface area contributed by atoms with E-state index in [9.17, 15) is 9.59 Å². The van der Waals surface area contributed by atoms with Crippen molar-refractivity contribution in [2.75, 3.05) is 7.11 Å². The molecular weight excluding hydrogens is 444 g/mol. The van der Waals surface area contributed by atoms with Crippen LogP contribution in [0.25, 0.3) is 16.7 Å². The van der Waals surface area contributed by atoms with Gasteiger partial charge >= 0.3 is 0 Å². The second-order valence-electron chi connectivity index (χ2n) is 7.97. The summed E-state index contributed by atoms with van der Waals surface area (Å²) in [5.41, 5.74) is 2.23. The predicted molar refractivity (Wildman–Crippen MR) is 130 cm³/mol. The number of fused-ring (bicyclic) bond motifs is 2. The van der Waals surface area contributed by atoms with Crippen molar-refractivity contribution in [2.45, 2.75) is 13.1 Å². The molecule has 0 radical (unpaired) electrons. The Morgan fingerprint density at radius 1 is 1.09 bits per heavy atom. The van der Waals surface area contributed by atoms with Crippen LogP contribution in [0.2, 0.25) is 0 Å². The van der Waals surface area contributed by atoms with E-state index in [-0.39, 0.29) is 35.1 Å². The first-order chi connectivity index (χ1) is 17.0. The highest BCUT2D eigenvalue weighted by Gasteiger charge is 2.18. The van der Waals surface area contributed by atoms with Gasteiger partial charge in [-0.3, -0.25) is 24.4 Å². The minimum atomic E-state index is -0.457. The molecule has 0 aliphatic heterocycles. The molecular formula is C26H22N6O3. The van der Waals surface area contributed by atoms with Crippen LogP contribution in [0.3, 0.4) is 0 Å². The van der Waals surface area contributed by atoms with Gasteiger partial charge in [-0.2, -0.15) is 0 Å². The van der Waals surface area contributed by atoms with E-state index in [1.54, 1.807) is 54.5 Å². The Hall–Kier alpha value is -4.79. The molecule has 0 saturated carbocycles. The van der Waals surface area contributed by atoms with E-state index in [4.69, 9.17) is 10.1 Å². The molecule has 0 unspecified atom stereocenters. The number of methoxy groups -OCH3 is 1. The molecule has 174 valence electrons. The molecule has 1 aromatic carbocycles. The zero-order chi connectivity index (χ0) is 24.4. The van der Waals surface area contributed by atoms with E-state index in [1.165, 1.54) is 10.5 Å². The van der Waals surface area contributed by atoms with Crippen LogP contribution in [0.5, 0.6) is 5.75 Å². The third-order valence-electron chi connectivity index (χ3n) is 5.74. The van der Waals surface area contributed by atoms with E-state index in [0.717, 1.165) is 11.1 Å². The average Bonchev–Trinajstić information content (AvgIpc) is 2.90. The fourth-order valence-electron chi connectivity index (χ4n) is 3.91. The molecule has 9 heteroatoms. The summed E-state index contributed by atoms with van der Waals surface area (Å²) < 4.78 is 8.25. The van der Waals surface area contributed by atoms with E-state index in [0.29, 0.717) is 17.0 Å². The zero-order valence-electron chi connectivity index (χ0n) is 18.9. The van der Waals surface area contributed by atoms with Gasteiger partial charge in [-0.1, -0.05) is 24.3 Å². The van der Waals surface area contributed by atoms with Crippen molar-refractivity contribution in [1.29, 1.82) is 5.41 Å². The first-order valence-electron chi connectivity index (χ1n) is 10.9. The summed E-state index contributed by atoms with van der Waals surface area (Å²) in [6.07, 6.45) is 4.95. The molecule has 0 bridgehead atoms. The fourth-order valence-corrected chi connectivity index (χ4v) is 3.91. The molecule has 1 amide bonds. The van der Waals surface area contributed by atoms with Crippen molar-refractivity contribution in [3.63, 3.8) is 0 Å². The summed E-state index contributed by atoms with van der Waals surface area (Å²) in [5.74, 6) is 0.252. The van der Waals surface area contributed by atoms with Crippen molar-refractivity contribution in [1.82, 2.24) is 24.3 Å². The Bertz CT molecular complexity index is 1660. The SMILES string of the molecule is COc1ccc(Cn2c(=N)c(C(=O)NCc3cccnc3)cc3c(=O)n4ccccc4nc32)cc1. The van der Waals surface area contributed by atoms with Gasteiger partial charge in [0.1, 0.15) is 22.5 Å². The van der Waals surface area contributed by atoms with Gasteiger partial charge in [0.15, 0.2) is 0 Å². The molecule has 0 atom stereocenters. The standard InChI is InChI=1S/C26H22N6O3/c1-35-19-9-7-17(8-10-19)16-32-23(27)20(25(33)29-15-18-5-4-11-28-14-18)13-21-24(32)30-22-6-2-3-12-31(22)26(21)34/h2-14,27H,15-16H2,1H3,(H,29,33). The highest BCUT2D eigenvalue weighted by atomic mass is 16.5. The zero-order valence-corrected chi connectivity index (χ0v) is 18.9. The molecule has 0 saturated heterocycles. The molecule has 5 aromatic rings. The fraction of sp³-hybridized carbons (Fsp3) is 0.115. The lowest BCUT2D eigenvalue weighted by atomic mass is 10.1. The minimum absolute atomic E-state index is 0.0378. The number of nitrogens with zero attached hydrogens (tertiary/aromatic N) is 4. The summed E-state index contributed by atoms with van der Waals surface area (Å²) in [6, 6.07) is 17.8. The van der Waals surface area contributed by atoms with Crippen molar-refractivity contribution in [3.8, 4) is 5.75 Å². The maximum Gasteiger partial charge on any atom is 0.267 e. The Balaban J connectivity index is 1.65. The molecule has 5 rings (SSSR count). The lowest BCUT2D eigenvalue weighted by molar-refractivity contribution is 0.0948. The highest BCUT2D eigenvalue weighted by molar-refractivity contribution is 5.96. The first-order valence-corrected chi connectivity index (χ1v) is 10.9. The third-order valence-corrected chi connectivity index (χ3v) is 5.74. The molecule has 9 nitrogen and oxygen atoms in total. The number of amides is 1. The van der Waals surface area contributed by atoms with Gasteiger partial charge < -0.3 is 14.6 Å². The average molecular weight is 467 g/mol. The molecule has 4 heterocycles. The number of hydrogen-bond donors (Lipinski definition) is 2.